The summed E-state index contributed by atoms with van der Waals surface area (Å²) in [6.07, 6.45) is 80.5. The predicted octanol–water partition coefficient (Wildman–Crippen LogP) is 21.7. The molecule has 0 aromatic heterocycles. The van der Waals surface area contributed by atoms with Crippen LogP contribution < -0.4 is 0 Å². The van der Waals surface area contributed by atoms with Crippen LogP contribution in [-0.4, -0.2) is 37.2 Å². The van der Waals surface area contributed by atoms with Crippen molar-refractivity contribution in [2.24, 2.45) is 0 Å². The fraction of sp³-hybridized carbons (Fsp3) is 0.779. The maximum atomic E-state index is 12.9. The van der Waals surface area contributed by atoms with E-state index in [1.165, 1.54) is 186 Å². The van der Waals surface area contributed by atoms with Gasteiger partial charge in [0.15, 0.2) is 6.10 Å². The van der Waals surface area contributed by atoms with Gasteiger partial charge in [-0.1, -0.05) is 306 Å². The monoisotopic (exact) mass is 1030 g/mol. The van der Waals surface area contributed by atoms with Gasteiger partial charge in [-0.15, -0.1) is 0 Å². The van der Waals surface area contributed by atoms with Crippen molar-refractivity contribution in [2.45, 2.75) is 329 Å². The molecule has 0 radical (unpaired) electrons. The van der Waals surface area contributed by atoms with Gasteiger partial charge in [0, 0.05) is 19.3 Å². The Morgan fingerprint density at radius 1 is 0.284 bits per heavy atom. The standard InChI is InChI=1S/C68H120O6/c1-4-7-10-13-16-19-22-25-27-28-29-30-31-32-33-34-35-36-37-38-39-40-42-43-46-49-52-55-58-61-67(70)73-64-65(63-72-66(69)60-57-54-51-48-45-24-21-18-15-12-9-6-3)74-68(71)62-59-56-53-50-47-44-41-26-23-20-17-14-11-8-5-2/h7,10,16,19,25,27,29-30,32-33,35-36,65H,4-6,8-9,11-15,17-18,20-24,26,28,31,34,37-64H2,1-3H3/b10-7-,19-16-,27-25-,30-29-,33-32-,36-35-. The highest BCUT2D eigenvalue weighted by atomic mass is 16.6. The highest BCUT2D eigenvalue weighted by molar-refractivity contribution is 5.71. The maximum absolute atomic E-state index is 12.9. The molecule has 0 heterocycles. The summed E-state index contributed by atoms with van der Waals surface area (Å²) in [7, 11) is 0. The van der Waals surface area contributed by atoms with Crippen molar-refractivity contribution in [3.63, 3.8) is 0 Å². The molecule has 0 saturated heterocycles. The van der Waals surface area contributed by atoms with Crippen LogP contribution in [-0.2, 0) is 28.6 Å². The number of esters is 3. The van der Waals surface area contributed by atoms with Gasteiger partial charge in [0.05, 0.1) is 0 Å². The highest BCUT2D eigenvalue weighted by Crippen LogP contribution is 2.17. The molecule has 0 rings (SSSR count). The number of carbonyl (C=O) groups is 3. The van der Waals surface area contributed by atoms with E-state index in [1.807, 2.05) is 0 Å². The molecular formula is C68H120O6. The van der Waals surface area contributed by atoms with Gasteiger partial charge in [0.2, 0.25) is 0 Å². The Kier molecular flexibility index (Phi) is 59.7. The van der Waals surface area contributed by atoms with Gasteiger partial charge >= 0.3 is 17.9 Å². The van der Waals surface area contributed by atoms with E-state index in [1.54, 1.807) is 0 Å². The van der Waals surface area contributed by atoms with E-state index in [0.29, 0.717) is 19.3 Å². The van der Waals surface area contributed by atoms with Crippen LogP contribution in [0.15, 0.2) is 72.9 Å². The molecule has 0 saturated carbocycles. The van der Waals surface area contributed by atoms with E-state index >= 15 is 0 Å². The van der Waals surface area contributed by atoms with Crippen LogP contribution in [0.4, 0.5) is 0 Å². The van der Waals surface area contributed by atoms with Gasteiger partial charge in [-0.2, -0.15) is 0 Å². The molecule has 0 aromatic carbocycles. The van der Waals surface area contributed by atoms with Crippen LogP contribution in [0.1, 0.15) is 323 Å². The molecule has 6 heteroatoms. The lowest BCUT2D eigenvalue weighted by atomic mass is 10.0. The SMILES string of the molecule is CC/C=C\C/C=C\C/C=C\C/C=C\C/C=C\C/C=C\CCCCCCCCCCCCC(=O)OCC(COC(=O)CCCCCCCCCCCCCC)OC(=O)CCCCCCCCCCCCCCCCC. The van der Waals surface area contributed by atoms with Gasteiger partial charge < -0.3 is 14.2 Å². The molecule has 1 atom stereocenters. The zero-order valence-corrected chi connectivity index (χ0v) is 49.1. The zero-order chi connectivity index (χ0) is 53.6. The second-order valence-corrected chi connectivity index (χ2v) is 21.3. The van der Waals surface area contributed by atoms with Gasteiger partial charge in [-0.05, 0) is 70.6 Å². The average Bonchev–Trinajstić information content (AvgIpc) is 3.40. The summed E-state index contributed by atoms with van der Waals surface area (Å²) in [4.78, 5) is 38.2. The van der Waals surface area contributed by atoms with Gasteiger partial charge in [0.25, 0.3) is 0 Å². The highest BCUT2D eigenvalue weighted by Gasteiger charge is 2.19. The first kappa shape index (κ1) is 70.8. The fourth-order valence-corrected chi connectivity index (χ4v) is 9.21. The number of allylic oxidation sites excluding steroid dienone is 12. The Bertz CT molecular complexity index is 1370. The molecule has 0 bridgehead atoms. The third-order valence-corrected chi connectivity index (χ3v) is 14.0. The maximum Gasteiger partial charge on any atom is 0.306 e. The molecule has 0 N–H and O–H groups in total. The minimum absolute atomic E-state index is 0.0710. The number of hydrogen-bond donors (Lipinski definition) is 0. The Morgan fingerprint density at radius 3 is 0.824 bits per heavy atom. The second-order valence-electron chi connectivity index (χ2n) is 21.3. The number of carbonyl (C=O) groups excluding carboxylic acids is 3. The smallest absolute Gasteiger partial charge is 0.306 e. The van der Waals surface area contributed by atoms with Crippen molar-refractivity contribution in [3.05, 3.63) is 72.9 Å². The van der Waals surface area contributed by atoms with Gasteiger partial charge in [-0.3, -0.25) is 14.4 Å². The number of unbranched alkanes of at least 4 members (excludes halogenated alkanes) is 35. The molecular weight excluding hydrogens is 913 g/mol. The molecule has 74 heavy (non-hydrogen) atoms. The van der Waals surface area contributed by atoms with Crippen LogP contribution in [0.3, 0.4) is 0 Å². The third kappa shape index (κ3) is 59.7. The summed E-state index contributed by atoms with van der Waals surface area (Å²) < 4.78 is 16.9. The first-order chi connectivity index (χ1) is 36.5. The first-order valence-electron chi connectivity index (χ1n) is 31.9. The van der Waals surface area contributed by atoms with Crippen LogP contribution in [0.5, 0.6) is 0 Å². The molecule has 0 aliphatic rings. The lowest BCUT2D eigenvalue weighted by molar-refractivity contribution is -0.167. The number of hydrogen-bond acceptors (Lipinski definition) is 6. The van der Waals surface area contributed by atoms with Crippen molar-refractivity contribution in [1.29, 1.82) is 0 Å². The van der Waals surface area contributed by atoms with Crippen molar-refractivity contribution in [3.8, 4) is 0 Å². The minimum atomic E-state index is -0.773. The van der Waals surface area contributed by atoms with Crippen molar-refractivity contribution in [2.75, 3.05) is 13.2 Å². The molecule has 0 aromatic rings. The quantitative estimate of drug-likeness (QED) is 0.0261. The first-order valence-corrected chi connectivity index (χ1v) is 31.9. The Labute approximate surface area is 459 Å². The molecule has 0 aliphatic carbocycles. The second kappa shape index (κ2) is 62.4. The summed E-state index contributed by atoms with van der Waals surface area (Å²) in [5.74, 6) is -0.859. The largest absolute Gasteiger partial charge is 0.462 e. The molecule has 0 spiro atoms. The van der Waals surface area contributed by atoms with Crippen molar-refractivity contribution >= 4 is 17.9 Å². The Balaban J connectivity index is 4.22. The summed E-state index contributed by atoms with van der Waals surface area (Å²) >= 11 is 0. The third-order valence-electron chi connectivity index (χ3n) is 14.0. The van der Waals surface area contributed by atoms with Crippen LogP contribution in [0.2, 0.25) is 0 Å². The summed E-state index contributed by atoms with van der Waals surface area (Å²) in [6, 6.07) is 0. The van der Waals surface area contributed by atoms with E-state index in [4.69, 9.17) is 14.2 Å². The van der Waals surface area contributed by atoms with Crippen LogP contribution in [0.25, 0.3) is 0 Å². The van der Waals surface area contributed by atoms with Crippen LogP contribution >= 0.6 is 0 Å². The topological polar surface area (TPSA) is 78.9 Å². The lowest BCUT2D eigenvalue weighted by Gasteiger charge is -2.18. The summed E-state index contributed by atoms with van der Waals surface area (Å²) in [5, 5.41) is 0. The molecule has 6 nitrogen and oxygen atoms in total. The predicted molar refractivity (Wildman–Crippen MR) is 321 cm³/mol. The van der Waals surface area contributed by atoms with E-state index in [2.05, 4.69) is 93.7 Å². The van der Waals surface area contributed by atoms with Crippen molar-refractivity contribution < 1.29 is 28.6 Å². The number of rotatable bonds is 58. The van der Waals surface area contributed by atoms with E-state index < -0.39 is 6.10 Å². The minimum Gasteiger partial charge on any atom is -0.462 e. The van der Waals surface area contributed by atoms with E-state index in [9.17, 15) is 14.4 Å². The van der Waals surface area contributed by atoms with E-state index in [0.717, 1.165) is 96.3 Å². The molecule has 1 unspecified atom stereocenters. The lowest BCUT2D eigenvalue weighted by Crippen LogP contribution is -2.30. The molecule has 428 valence electrons. The Hall–Kier alpha value is -3.15. The Morgan fingerprint density at radius 2 is 0.527 bits per heavy atom. The summed E-state index contributed by atoms with van der Waals surface area (Å²) in [6.45, 7) is 6.56. The van der Waals surface area contributed by atoms with Crippen LogP contribution in [0, 0.1) is 0 Å². The van der Waals surface area contributed by atoms with Crippen molar-refractivity contribution in [1.82, 2.24) is 0 Å². The molecule has 0 amide bonds. The van der Waals surface area contributed by atoms with Gasteiger partial charge in [0.1, 0.15) is 13.2 Å². The van der Waals surface area contributed by atoms with Gasteiger partial charge in [-0.25, -0.2) is 0 Å². The average molecular weight is 1030 g/mol. The fourth-order valence-electron chi connectivity index (χ4n) is 9.21. The normalized spacial score (nSPS) is 12.5. The number of ether oxygens (including phenoxy) is 3. The summed E-state index contributed by atoms with van der Waals surface area (Å²) in [5.41, 5.74) is 0. The molecule has 0 fully saturated rings. The van der Waals surface area contributed by atoms with E-state index in [-0.39, 0.29) is 31.1 Å². The zero-order valence-electron chi connectivity index (χ0n) is 49.1. The molecule has 0 aliphatic heterocycles.